The fourth-order valence-electron chi connectivity index (χ4n) is 11.2. The van der Waals surface area contributed by atoms with Crippen molar-refractivity contribution in [2.24, 2.45) is 4.99 Å². The van der Waals surface area contributed by atoms with Gasteiger partial charge in [-0.2, -0.15) is 0 Å². The molecule has 0 saturated heterocycles. The van der Waals surface area contributed by atoms with E-state index in [2.05, 4.69) is 248 Å². The first-order valence-corrected chi connectivity index (χ1v) is 22.8. The lowest BCUT2D eigenvalue weighted by Gasteiger charge is -2.28. The first-order chi connectivity index (χ1) is 32.0. The summed E-state index contributed by atoms with van der Waals surface area (Å²) in [6.07, 6.45) is 8.44. The van der Waals surface area contributed by atoms with Crippen LogP contribution in [-0.4, -0.2) is 15.3 Å². The van der Waals surface area contributed by atoms with Gasteiger partial charge < -0.3 is 9.47 Å². The molecule has 13 rings (SSSR count). The van der Waals surface area contributed by atoms with Gasteiger partial charge in [0.1, 0.15) is 11.9 Å². The zero-order valence-electron chi connectivity index (χ0n) is 36.4. The molecule has 0 amide bonds. The highest BCUT2D eigenvalue weighted by molar-refractivity contribution is 6.17. The summed E-state index contributed by atoms with van der Waals surface area (Å²) in [7, 11) is 0. The Morgan fingerprint density at radius 2 is 1.15 bits per heavy atom. The lowest BCUT2D eigenvalue weighted by molar-refractivity contribution is 0.396. The number of fused-ring (bicyclic) bond motifs is 8. The van der Waals surface area contributed by atoms with Crippen molar-refractivity contribution in [3.63, 3.8) is 0 Å². The van der Waals surface area contributed by atoms with Crippen LogP contribution in [0.25, 0.3) is 82.8 Å². The quantitative estimate of drug-likeness (QED) is 0.153. The number of benzene rings is 9. The minimum absolute atomic E-state index is 0.00150. The molecule has 2 atom stereocenters. The average Bonchev–Trinajstić information content (AvgIpc) is 3.99. The molecule has 3 heterocycles. The van der Waals surface area contributed by atoms with Gasteiger partial charge in [-0.15, -0.1) is 0 Å². The van der Waals surface area contributed by atoms with Crippen LogP contribution < -0.4 is 0 Å². The molecule has 3 nitrogen and oxygen atoms in total. The third kappa shape index (κ3) is 5.85. The number of hydrogen-bond acceptors (Lipinski definition) is 2. The van der Waals surface area contributed by atoms with Crippen LogP contribution in [0.3, 0.4) is 0 Å². The highest BCUT2D eigenvalue weighted by atomic mass is 15.3. The van der Waals surface area contributed by atoms with Crippen molar-refractivity contribution in [3.05, 3.63) is 247 Å². The summed E-state index contributed by atoms with van der Waals surface area (Å²) in [5.41, 5.74) is 17.4. The first-order valence-electron chi connectivity index (χ1n) is 22.8. The second kappa shape index (κ2) is 14.5. The van der Waals surface area contributed by atoms with E-state index in [-0.39, 0.29) is 17.5 Å². The van der Waals surface area contributed by atoms with Gasteiger partial charge in [0.15, 0.2) is 0 Å². The van der Waals surface area contributed by atoms with E-state index in [0.717, 1.165) is 5.84 Å². The number of rotatable bonds is 6. The Bertz CT molecular complexity index is 3610. The SMILES string of the molecule is CC1(C)c2ccccc2-c2ccc(-n3c(-c4ccccc4)c(-c4ccccc4)c4cc5c(ccc6cc(-c7ccc(C8N=C9C=CC=CN9C8c8ccccc8)cc7)ccc65)cc43)cc21. The van der Waals surface area contributed by atoms with Crippen molar-refractivity contribution < 1.29 is 0 Å². The van der Waals surface area contributed by atoms with Crippen molar-refractivity contribution in [1.29, 1.82) is 0 Å². The normalized spacial score (nSPS) is 16.8. The second-order valence-corrected chi connectivity index (χ2v) is 18.3. The number of allylic oxidation sites excluding steroid dienone is 2. The van der Waals surface area contributed by atoms with Crippen LogP contribution in [-0.2, 0) is 5.41 Å². The summed E-state index contributed by atoms with van der Waals surface area (Å²) < 4.78 is 2.53. The van der Waals surface area contributed by atoms with Gasteiger partial charge in [0.05, 0.1) is 17.3 Å². The predicted molar refractivity (Wildman–Crippen MR) is 272 cm³/mol. The van der Waals surface area contributed by atoms with Crippen LogP contribution in [0, 0.1) is 0 Å². The van der Waals surface area contributed by atoms with Gasteiger partial charge >= 0.3 is 0 Å². The van der Waals surface area contributed by atoms with Gasteiger partial charge in [-0.05, 0) is 120 Å². The Balaban J connectivity index is 0.951. The Kier molecular flexibility index (Phi) is 8.38. The topological polar surface area (TPSA) is 20.5 Å². The molecule has 308 valence electrons. The van der Waals surface area contributed by atoms with Crippen molar-refractivity contribution in [1.82, 2.24) is 9.47 Å². The van der Waals surface area contributed by atoms with Crippen molar-refractivity contribution in [2.45, 2.75) is 31.3 Å². The molecule has 0 bridgehead atoms. The van der Waals surface area contributed by atoms with Crippen molar-refractivity contribution in [2.75, 3.05) is 0 Å². The molecule has 2 unspecified atom stereocenters. The molecule has 3 aliphatic rings. The van der Waals surface area contributed by atoms with E-state index in [9.17, 15) is 0 Å². The largest absolute Gasteiger partial charge is 0.323 e. The maximum absolute atomic E-state index is 5.23. The third-order valence-corrected chi connectivity index (χ3v) is 14.3. The maximum Gasteiger partial charge on any atom is 0.128 e. The van der Waals surface area contributed by atoms with Crippen LogP contribution in [0.1, 0.15) is 48.2 Å². The van der Waals surface area contributed by atoms with Gasteiger partial charge in [0, 0.05) is 28.3 Å². The summed E-state index contributed by atoms with van der Waals surface area (Å²) >= 11 is 0. The number of aromatic nitrogens is 1. The summed E-state index contributed by atoms with van der Waals surface area (Å²) in [5.74, 6) is 1.01. The fraction of sp³-hybridized carbons (Fsp3) is 0.0806. The van der Waals surface area contributed by atoms with Crippen LogP contribution in [0.5, 0.6) is 0 Å². The molecule has 9 aromatic carbocycles. The molecule has 0 N–H and O–H groups in total. The molecule has 3 heteroatoms. The number of aliphatic imine (C=N–C) groups is 1. The lowest BCUT2D eigenvalue weighted by Crippen LogP contribution is -2.26. The summed E-state index contributed by atoms with van der Waals surface area (Å²) in [6.45, 7) is 4.74. The maximum atomic E-state index is 5.23. The number of amidine groups is 1. The summed E-state index contributed by atoms with van der Waals surface area (Å²) in [4.78, 5) is 7.54. The summed E-state index contributed by atoms with van der Waals surface area (Å²) in [6, 6.07) is 74.4. The van der Waals surface area contributed by atoms with Crippen LogP contribution in [0.2, 0.25) is 0 Å². The van der Waals surface area contributed by atoms with Crippen molar-refractivity contribution >= 4 is 38.3 Å². The molecule has 1 aliphatic carbocycles. The molecule has 0 saturated carbocycles. The highest BCUT2D eigenvalue weighted by Crippen LogP contribution is 2.51. The van der Waals surface area contributed by atoms with E-state index in [0.29, 0.717) is 0 Å². The van der Waals surface area contributed by atoms with E-state index < -0.39 is 0 Å². The smallest absolute Gasteiger partial charge is 0.128 e. The summed E-state index contributed by atoms with van der Waals surface area (Å²) in [5, 5.41) is 6.19. The van der Waals surface area contributed by atoms with E-state index >= 15 is 0 Å². The molecule has 2 aliphatic heterocycles. The number of nitrogens with zero attached hydrogens (tertiary/aromatic N) is 3. The Hall–Kier alpha value is -8.01. The molecule has 10 aromatic rings. The standard InChI is InChI=1S/C62H45N3/c1-62(2)54-23-13-12-22-50(54)51-34-32-48(38-55(51)62)65-56-37-47-30-29-46-36-45(40-25-27-42(28-26-40)59-61(44-20-10-5-11-21-44)64-35-15-14-24-57(64)63-59)31-33-49(46)52(47)39-53(56)58(41-16-6-3-7-17-41)60(65)43-18-8-4-9-19-43/h3-39,59,61H,1-2H3. The third-order valence-electron chi connectivity index (χ3n) is 14.3. The van der Waals surface area contributed by atoms with E-state index in [1.165, 1.54) is 105 Å². The molecule has 1 aromatic heterocycles. The van der Waals surface area contributed by atoms with Gasteiger partial charge in [-0.25, -0.2) is 0 Å². The van der Waals surface area contributed by atoms with E-state index in [1.807, 2.05) is 0 Å². The first kappa shape index (κ1) is 37.5. The molecule has 0 fully saturated rings. The minimum atomic E-state index is -0.116. The monoisotopic (exact) mass is 831 g/mol. The average molecular weight is 832 g/mol. The molecular weight excluding hydrogens is 787 g/mol. The molecular formula is C62H45N3. The Labute approximate surface area is 379 Å². The van der Waals surface area contributed by atoms with Gasteiger partial charge in [-0.1, -0.05) is 190 Å². The lowest BCUT2D eigenvalue weighted by atomic mass is 9.82. The van der Waals surface area contributed by atoms with E-state index in [4.69, 9.17) is 4.99 Å². The molecule has 0 spiro atoms. The second-order valence-electron chi connectivity index (χ2n) is 18.3. The zero-order chi connectivity index (χ0) is 43.2. The van der Waals surface area contributed by atoms with Gasteiger partial charge in [0.2, 0.25) is 0 Å². The van der Waals surface area contributed by atoms with Crippen LogP contribution in [0.4, 0.5) is 0 Å². The van der Waals surface area contributed by atoms with Crippen LogP contribution in [0.15, 0.2) is 230 Å². The van der Waals surface area contributed by atoms with Crippen LogP contribution >= 0.6 is 0 Å². The van der Waals surface area contributed by atoms with Gasteiger partial charge in [0.25, 0.3) is 0 Å². The Morgan fingerprint density at radius 1 is 0.477 bits per heavy atom. The van der Waals surface area contributed by atoms with E-state index in [1.54, 1.807) is 0 Å². The molecule has 0 radical (unpaired) electrons. The van der Waals surface area contributed by atoms with Gasteiger partial charge in [-0.3, -0.25) is 4.99 Å². The minimum Gasteiger partial charge on any atom is -0.323 e. The Morgan fingerprint density at radius 3 is 1.94 bits per heavy atom. The fourth-order valence-corrected chi connectivity index (χ4v) is 11.2. The van der Waals surface area contributed by atoms with Crippen molar-refractivity contribution in [3.8, 4) is 50.3 Å². The molecule has 65 heavy (non-hydrogen) atoms. The zero-order valence-corrected chi connectivity index (χ0v) is 36.4. The highest BCUT2D eigenvalue weighted by Gasteiger charge is 2.38. The number of hydrogen-bond donors (Lipinski definition) is 0. The predicted octanol–water partition coefficient (Wildman–Crippen LogP) is 15.8.